The second kappa shape index (κ2) is 4.43. The van der Waals surface area contributed by atoms with Crippen LogP contribution in [0.4, 0.5) is 0 Å². The van der Waals surface area contributed by atoms with Gasteiger partial charge in [0.15, 0.2) is 5.78 Å². The zero-order valence-corrected chi connectivity index (χ0v) is 8.61. The molecule has 1 aromatic rings. The molecule has 0 aliphatic rings. The van der Waals surface area contributed by atoms with E-state index in [4.69, 9.17) is 5.26 Å². The van der Waals surface area contributed by atoms with Crippen LogP contribution in [0.3, 0.4) is 0 Å². The lowest BCUT2D eigenvalue weighted by Crippen LogP contribution is -1.98. The molecule has 0 radical (unpaired) electrons. The van der Waals surface area contributed by atoms with Gasteiger partial charge in [0.25, 0.3) is 0 Å². The van der Waals surface area contributed by atoms with Crippen molar-refractivity contribution in [2.75, 3.05) is 0 Å². The lowest BCUT2D eigenvalue weighted by Gasteiger charge is -2.02. The molecule has 76 valence electrons. The molecule has 15 heavy (non-hydrogen) atoms. The molecular weight excluding hydrogens is 190 g/mol. The number of hydrogen-bond acceptors (Lipinski definition) is 3. The monoisotopic (exact) mass is 201 g/mol. The van der Waals surface area contributed by atoms with E-state index in [0.717, 1.165) is 5.56 Å². The van der Waals surface area contributed by atoms with Crippen molar-refractivity contribution in [3.63, 3.8) is 0 Å². The molecule has 3 heteroatoms. The summed E-state index contributed by atoms with van der Waals surface area (Å²) < 4.78 is 0. The Morgan fingerprint density at radius 1 is 1.33 bits per heavy atom. The van der Waals surface area contributed by atoms with E-state index < -0.39 is 5.78 Å². The highest BCUT2D eigenvalue weighted by Crippen LogP contribution is 2.16. The summed E-state index contributed by atoms with van der Waals surface area (Å²) in [6, 6.07) is 8.65. The van der Waals surface area contributed by atoms with Gasteiger partial charge in [-0.05, 0) is 6.92 Å². The largest absolute Gasteiger partial charge is 0.506 e. The zero-order chi connectivity index (χ0) is 11.4. The molecule has 0 amide bonds. The summed E-state index contributed by atoms with van der Waals surface area (Å²) in [6.07, 6.45) is 0. The van der Waals surface area contributed by atoms with Crippen molar-refractivity contribution in [3.05, 3.63) is 41.0 Å². The second-order valence-electron chi connectivity index (χ2n) is 3.26. The minimum absolute atomic E-state index is 0.209. The number of aryl methyl sites for hydroxylation is 1. The van der Waals surface area contributed by atoms with E-state index in [1.807, 2.05) is 6.92 Å². The van der Waals surface area contributed by atoms with Gasteiger partial charge in [-0.1, -0.05) is 29.8 Å². The molecule has 0 fully saturated rings. The van der Waals surface area contributed by atoms with Gasteiger partial charge in [0.05, 0.1) is 0 Å². The predicted molar refractivity (Wildman–Crippen MR) is 57.0 cm³/mol. The molecule has 0 spiro atoms. The zero-order valence-electron chi connectivity index (χ0n) is 8.61. The highest BCUT2D eigenvalue weighted by molar-refractivity contribution is 6.03. The number of ketones is 1. The average molecular weight is 201 g/mol. The normalized spacial score (nSPS) is 11.5. The highest BCUT2D eigenvalue weighted by atomic mass is 16.3. The maximum atomic E-state index is 11.0. The number of carbonyl (C=O) groups excluding carboxylic acids is 1. The third-order valence-corrected chi connectivity index (χ3v) is 2.03. The Labute approximate surface area is 88.3 Å². The fourth-order valence-corrected chi connectivity index (χ4v) is 1.15. The van der Waals surface area contributed by atoms with Crippen molar-refractivity contribution in [2.24, 2.45) is 0 Å². The lowest BCUT2D eigenvalue weighted by atomic mass is 10.1. The van der Waals surface area contributed by atoms with Crippen LogP contribution in [0.1, 0.15) is 18.1 Å². The van der Waals surface area contributed by atoms with E-state index in [-0.39, 0.29) is 11.3 Å². The van der Waals surface area contributed by atoms with Gasteiger partial charge >= 0.3 is 0 Å². The van der Waals surface area contributed by atoms with Crippen molar-refractivity contribution >= 4 is 11.5 Å². The molecule has 0 saturated carbocycles. The second-order valence-corrected chi connectivity index (χ2v) is 3.26. The van der Waals surface area contributed by atoms with Crippen molar-refractivity contribution in [2.45, 2.75) is 13.8 Å². The molecule has 0 unspecified atom stereocenters. The van der Waals surface area contributed by atoms with Crippen LogP contribution < -0.4 is 0 Å². The molecule has 1 rings (SSSR count). The van der Waals surface area contributed by atoms with Gasteiger partial charge in [0.1, 0.15) is 17.4 Å². The van der Waals surface area contributed by atoms with Crippen LogP contribution in [0, 0.1) is 18.3 Å². The number of aliphatic hydroxyl groups is 1. The molecule has 0 atom stereocenters. The van der Waals surface area contributed by atoms with Gasteiger partial charge in [-0.3, -0.25) is 4.79 Å². The summed E-state index contributed by atoms with van der Waals surface area (Å²) in [5, 5.41) is 18.4. The Morgan fingerprint density at radius 2 is 1.87 bits per heavy atom. The number of nitriles is 1. The summed E-state index contributed by atoms with van der Waals surface area (Å²) in [7, 11) is 0. The third-order valence-electron chi connectivity index (χ3n) is 2.03. The first-order valence-electron chi connectivity index (χ1n) is 4.47. The summed E-state index contributed by atoms with van der Waals surface area (Å²) in [5.74, 6) is -0.694. The number of allylic oxidation sites excluding steroid dienone is 1. The minimum atomic E-state index is -0.435. The predicted octanol–water partition coefficient (Wildman–Crippen LogP) is 2.38. The number of rotatable bonds is 2. The van der Waals surface area contributed by atoms with E-state index in [0.29, 0.717) is 5.56 Å². The average Bonchev–Trinajstić information content (AvgIpc) is 2.19. The van der Waals surface area contributed by atoms with Gasteiger partial charge in [0.2, 0.25) is 0 Å². The summed E-state index contributed by atoms with van der Waals surface area (Å²) in [5.41, 5.74) is 1.32. The Bertz CT molecular complexity index is 450. The molecule has 1 aromatic carbocycles. The number of Topliss-reactive ketones (excluding diaryl/α,β-unsaturated/α-hetero) is 1. The number of aliphatic hydroxyl groups excluding tert-OH is 1. The first-order chi connectivity index (χ1) is 7.06. The van der Waals surface area contributed by atoms with E-state index in [9.17, 15) is 9.90 Å². The van der Waals surface area contributed by atoms with Crippen LogP contribution >= 0.6 is 0 Å². The number of carbonyl (C=O) groups is 1. The van der Waals surface area contributed by atoms with Crippen molar-refractivity contribution in [3.8, 4) is 6.07 Å². The summed E-state index contributed by atoms with van der Waals surface area (Å²) in [4.78, 5) is 11.0. The minimum Gasteiger partial charge on any atom is -0.506 e. The Balaban J connectivity index is 3.24. The van der Waals surface area contributed by atoms with E-state index in [1.54, 1.807) is 30.3 Å². The van der Waals surface area contributed by atoms with E-state index in [1.165, 1.54) is 6.92 Å². The smallest absolute Gasteiger partial charge is 0.174 e. The molecule has 0 aliphatic heterocycles. The van der Waals surface area contributed by atoms with Crippen LogP contribution in [0.25, 0.3) is 5.76 Å². The van der Waals surface area contributed by atoms with Crippen LogP contribution in [-0.4, -0.2) is 10.9 Å². The fourth-order valence-electron chi connectivity index (χ4n) is 1.15. The quantitative estimate of drug-likeness (QED) is 0.454. The van der Waals surface area contributed by atoms with Gasteiger partial charge in [0, 0.05) is 12.5 Å². The van der Waals surface area contributed by atoms with E-state index in [2.05, 4.69) is 0 Å². The van der Waals surface area contributed by atoms with E-state index >= 15 is 0 Å². The lowest BCUT2D eigenvalue weighted by molar-refractivity contribution is -0.113. The van der Waals surface area contributed by atoms with Crippen LogP contribution in [-0.2, 0) is 4.79 Å². The number of hydrogen-bond donors (Lipinski definition) is 1. The van der Waals surface area contributed by atoms with Gasteiger partial charge in [-0.2, -0.15) is 5.26 Å². The summed E-state index contributed by atoms with van der Waals surface area (Å²) in [6.45, 7) is 3.17. The first kappa shape index (κ1) is 11.0. The van der Waals surface area contributed by atoms with Gasteiger partial charge in [-0.25, -0.2) is 0 Å². The molecule has 0 bridgehead atoms. The topological polar surface area (TPSA) is 61.1 Å². The molecule has 0 aromatic heterocycles. The molecule has 0 saturated heterocycles. The molecule has 1 N–H and O–H groups in total. The van der Waals surface area contributed by atoms with Crippen LogP contribution in [0.15, 0.2) is 29.8 Å². The van der Waals surface area contributed by atoms with Crippen molar-refractivity contribution in [1.82, 2.24) is 0 Å². The van der Waals surface area contributed by atoms with Gasteiger partial charge in [-0.15, -0.1) is 0 Å². The first-order valence-corrected chi connectivity index (χ1v) is 4.47. The Morgan fingerprint density at radius 3 is 2.27 bits per heavy atom. The Hall–Kier alpha value is -2.08. The Kier molecular flexibility index (Phi) is 3.25. The molecular formula is C12H11NO2. The fraction of sp³-hybridized carbons (Fsp3) is 0.167. The maximum absolute atomic E-state index is 11.0. The van der Waals surface area contributed by atoms with Crippen molar-refractivity contribution < 1.29 is 9.90 Å². The van der Waals surface area contributed by atoms with Crippen molar-refractivity contribution in [1.29, 1.82) is 5.26 Å². The highest BCUT2D eigenvalue weighted by Gasteiger charge is 2.11. The molecule has 0 aliphatic carbocycles. The van der Waals surface area contributed by atoms with Crippen LogP contribution in [0.5, 0.6) is 0 Å². The molecule has 0 heterocycles. The standard InChI is InChI=1S/C12H11NO2/c1-8-3-5-10(6-4-8)12(15)11(7-13)9(2)14/h3-6,15H,1-2H3. The number of nitrogens with zero attached hydrogens (tertiary/aromatic N) is 1. The maximum Gasteiger partial charge on any atom is 0.174 e. The number of benzene rings is 1. The SMILES string of the molecule is CC(=O)C(C#N)=C(O)c1ccc(C)cc1. The van der Waals surface area contributed by atoms with Crippen LogP contribution in [0.2, 0.25) is 0 Å². The van der Waals surface area contributed by atoms with Gasteiger partial charge < -0.3 is 5.11 Å². The summed E-state index contributed by atoms with van der Waals surface area (Å²) >= 11 is 0. The third kappa shape index (κ3) is 2.44. The molecule has 3 nitrogen and oxygen atoms in total.